The molecular formula is C11H22N2O. The van der Waals surface area contributed by atoms with Crippen molar-refractivity contribution in [3.63, 3.8) is 0 Å². The Morgan fingerprint density at radius 1 is 1.36 bits per heavy atom. The molecule has 1 aliphatic heterocycles. The molecule has 0 aliphatic carbocycles. The summed E-state index contributed by atoms with van der Waals surface area (Å²) in [6.45, 7) is 6.29. The summed E-state index contributed by atoms with van der Waals surface area (Å²) in [6, 6.07) is 0. The van der Waals surface area contributed by atoms with Crippen LogP contribution in [0.2, 0.25) is 0 Å². The molecule has 1 saturated heterocycles. The molecule has 1 heterocycles. The Labute approximate surface area is 86.9 Å². The lowest BCUT2D eigenvalue weighted by atomic mass is 10.3. The van der Waals surface area contributed by atoms with Gasteiger partial charge in [0.1, 0.15) is 0 Å². The largest absolute Gasteiger partial charge is 0.356 e. The van der Waals surface area contributed by atoms with Crippen molar-refractivity contribution in [3.05, 3.63) is 0 Å². The smallest absolute Gasteiger partial charge is 0.221 e. The van der Waals surface area contributed by atoms with Crippen molar-refractivity contribution < 1.29 is 4.79 Å². The highest BCUT2D eigenvalue weighted by Gasteiger charge is 2.12. The molecule has 0 aromatic heterocycles. The summed E-state index contributed by atoms with van der Waals surface area (Å²) in [5.74, 6) is 0.213. The van der Waals surface area contributed by atoms with Crippen molar-refractivity contribution >= 4 is 5.91 Å². The van der Waals surface area contributed by atoms with Crippen LogP contribution in [0.15, 0.2) is 0 Å². The number of rotatable bonds is 6. The minimum Gasteiger partial charge on any atom is -0.356 e. The molecule has 0 aromatic carbocycles. The van der Waals surface area contributed by atoms with E-state index < -0.39 is 0 Å². The fourth-order valence-electron chi connectivity index (χ4n) is 1.76. The zero-order valence-electron chi connectivity index (χ0n) is 9.22. The lowest BCUT2D eigenvalue weighted by molar-refractivity contribution is -0.121. The van der Waals surface area contributed by atoms with E-state index in [0.29, 0.717) is 6.42 Å². The number of hydrogen-bond donors (Lipinski definition) is 1. The highest BCUT2D eigenvalue weighted by molar-refractivity contribution is 5.75. The van der Waals surface area contributed by atoms with E-state index in [2.05, 4.69) is 17.1 Å². The first-order valence-electron chi connectivity index (χ1n) is 5.82. The minimum atomic E-state index is 0.213. The lowest BCUT2D eigenvalue weighted by Gasteiger charge is -2.13. The fraction of sp³-hybridized carbons (Fsp3) is 0.909. The number of amides is 1. The van der Waals surface area contributed by atoms with E-state index in [4.69, 9.17) is 0 Å². The van der Waals surface area contributed by atoms with Gasteiger partial charge in [-0.3, -0.25) is 4.79 Å². The summed E-state index contributed by atoms with van der Waals surface area (Å²) in [5, 5.41) is 2.94. The molecule has 1 N–H and O–H groups in total. The second-order valence-corrected chi connectivity index (χ2v) is 4.00. The number of carbonyl (C=O) groups excluding carboxylic acids is 1. The molecule has 0 saturated carbocycles. The molecule has 14 heavy (non-hydrogen) atoms. The van der Waals surface area contributed by atoms with Crippen LogP contribution in [-0.4, -0.2) is 37.0 Å². The van der Waals surface area contributed by atoms with Gasteiger partial charge in [0.05, 0.1) is 0 Å². The zero-order chi connectivity index (χ0) is 10.2. The Morgan fingerprint density at radius 3 is 2.71 bits per heavy atom. The predicted octanol–water partition coefficient (Wildman–Crippen LogP) is 1.39. The molecular weight excluding hydrogens is 176 g/mol. The molecule has 0 bridgehead atoms. The third-order valence-corrected chi connectivity index (χ3v) is 2.71. The van der Waals surface area contributed by atoms with Crippen LogP contribution in [-0.2, 0) is 4.79 Å². The number of nitrogens with zero attached hydrogens (tertiary/aromatic N) is 1. The number of carbonyl (C=O) groups is 1. The molecule has 1 aliphatic rings. The quantitative estimate of drug-likeness (QED) is 0.654. The second kappa shape index (κ2) is 6.82. The maximum absolute atomic E-state index is 11.3. The van der Waals surface area contributed by atoms with Gasteiger partial charge in [0, 0.05) is 19.5 Å². The van der Waals surface area contributed by atoms with E-state index in [9.17, 15) is 4.79 Å². The Bertz CT molecular complexity index is 165. The maximum Gasteiger partial charge on any atom is 0.221 e. The van der Waals surface area contributed by atoms with Crippen LogP contribution >= 0.6 is 0 Å². The molecule has 1 fully saturated rings. The molecule has 3 nitrogen and oxygen atoms in total. The minimum absolute atomic E-state index is 0.213. The van der Waals surface area contributed by atoms with Crippen LogP contribution in [0, 0.1) is 0 Å². The fourth-order valence-corrected chi connectivity index (χ4v) is 1.76. The molecule has 0 aromatic rings. The lowest BCUT2D eigenvalue weighted by Crippen LogP contribution is -2.29. The van der Waals surface area contributed by atoms with Gasteiger partial charge in [-0.15, -0.1) is 0 Å². The van der Waals surface area contributed by atoms with Gasteiger partial charge >= 0.3 is 0 Å². The van der Waals surface area contributed by atoms with Gasteiger partial charge < -0.3 is 10.2 Å². The van der Waals surface area contributed by atoms with Crippen molar-refractivity contribution in [3.8, 4) is 0 Å². The van der Waals surface area contributed by atoms with Crippen LogP contribution in [0.5, 0.6) is 0 Å². The third kappa shape index (κ3) is 4.61. The summed E-state index contributed by atoms with van der Waals surface area (Å²) >= 11 is 0. The summed E-state index contributed by atoms with van der Waals surface area (Å²) in [4.78, 5) is 13.7. The molecule has 0 unspecified atom stereocenters. The van der Waals surface area contributed by atoms with E-state index in [-0.39, 0.29) is 5.91 Å². The third-order valence-electron chi connectivity index (χ3n) is 2.71. The Hall–Kier alpha value is -0.570. The van der Waals surface area contributed by atoms with Crippen molar-refractivity contribution in [1.82, 2.24) is 10.2 Å². The highest BCUT2D eigenvalue weighted by Crippen LogP contribution is 2.07. The number of nitrogens with one attached hydrogen (secondary N) is 1. The van der Waals surface area contributed by atoms with Gasteiger partial charge in [0.25, 0.3) is 0 Å². The monoisotopic (exact) mass is 198 g/mol. The van der Waals surface area contributed by atoms with Crippen LogP contribution in [0.25, 0.3) is 0 Å². The van der Waals surface area contributed by atoms with Gasteiger partial charge in [-0.2, -0.15) is 0 Å². The topological polar surface area (TPSA) is 32.3 Å². The summed E-state index contributed by atoms with van der Waals surface area (Å²) in [6.07, 6.45) is 5.51. The zero-order valence-corrected chi connectivity index (χ0v) is 9.22. The van der Waals surface area contributed by atoms with Crippen LogP contribution in [0.4, 0.5) is 0 Å². The molecule has 0 atom stereocenters. The van der Waals surface area contributed by atoms with Crippen molar-refractivity contribution in [2.45, 2.75) is 39.0 Å². The Kier molecular flexibility index (Phi) is 5.60. The standard InChI is InChI=1S/C11H22N2O/c1-2-3-7-12-11(14)6-10-13-8-4-5-9-13/h2-10H2,1H3,(H,12,14). The summed E-state index contributed by atoms with van der Waals surface area (Å²) < 4.78 is 0. The van der Waals surface area contributed by atoms with Gasteiger partial charge in [0.15, 0.2) is 0 Å². The normalized spacial score (nSPS) is 17.2. The summed E-state index contributed by atoms with van der Waals surface area (Å²) in [7, 11) is 0. The molecule has 0 radical (unpaired) electrons. The van der Waals surface area contributed by atoms with E-state index in [1.54, 1.807) is 0 Å². The molecule has 1 rings (SSSR count). The first-order chi connectivity index (χ1) is 6.83. The van der Waals surface area contributed by atoms with Gasteiger partial charge in [-0.25, -0.2) is 0 Å². The number of hydrogen-bond acceptors (Lipinski definition) is 2. The van der Waals surface area contributed by atoms with Crippen molar-refractivity contribution in [2.75, 3.05) is 26.2 Å². The Morgan fingerprint density at radius 2 is 2.07 bits per heavy atom. The molecule has 3 heteroatoms. The molecule has 0 spiro atoms. The van der Waals surface area contributed by atoms with E-state index in [1.807, 2.05) is 0 Å². The van der Waals surface area contributed by atoms with Crippen molar-refractivity contribution in [2.24, 2.45) is 0 Å². The van der Waals surface area contributed by atoms with Crippen LogP contribution in [0.1, 0.15) is 39.0 Å². The van der Waals surface area contributed by atoms with Gasteiger partial charge in [-0.05, 0) is 32.4 Å². The van der Waals surface area contributed by atoms with E-state index in [0.717, 1.165) is 25.9 Å². The maximum atomic E-state index is 11.3. The number of unbranched alkanes of at least 4 members (excludes halogenated alkanes) is 1. The van der Waals surface area contributed by atoms with E-state index in [1.165, 1.54) is 25.9 Å². The van der Waals surface area contributed by atoms with Crippen LogP contribution < -0.4 is 5.32 Å². The van der Waals surface area contributed by atoms with Crippen LogP contribution in [0.3, 0.4) is 0 Å². The first-order valence-corrected chi connectivity index (χ1v) is 5.82. The molecule has 82 valence electrons. The van der Waals surface area contributed by atoms with E-state index >= 15 is 0 Å². The number of likely N-dealkylation sites (tertiary alicyclic amines) is 1. The SMILES string of the molecule is CCCCNC(=O)CCN1CCCC1. The average Bonchev–Trinajstić information content (AvgIpc) is 2.68. The highest BCUT2D eigenvalue weighted by atomic mass is 16.1. The van der Waals surface area contributed by atoms with Gasteiger partial charge in [0.2, 0.25) is 5.91 Å². The summed E-state index contributed by atoms with van der Waals surface area (Å²) in [5.41, 5.74) is 0. The first kappa shape index (κ1) is 11.5. The van der Waals surface area contributed by atoms with Gasteiger partial charge in [-0.1, -0.05) is 13.3 Å². The van der Waals surface area contributed by atoms with Crippen molar-refractivity contribution in [1.29, 1.82) is 0 Å². The molecule has 1 amide bonds. The Balaban J connectivity index is 1.96. The predicted molar refractivity (Wildman–Crippen MR) is 58.2 cm³/mol. The second-order valence-electron chi connectivity index (χ2n) is 4.00. The average molecular weight is 198 g/mol.